The second kappa shape index (κ2) is 7.34. The minimum atomic E-state index is -0.368. The van der Waals surface area contributed by atoms with Gasteiger partial charge in [0.25, 0.3) is 5.91 Å². The number of amides is 1. The molecule has 1 aliphatic rings. The van der Waals surface area contributed by atoms with E-state index in [1.807, 2.05) is 35.2 Å². The fourth-order valence-corrected chi connectivity index (χ4v) is 3.02. The summed E-state index contributed by atoms with van der Waals surface area (Å²) in [6, 6.07) is 10.9. The molecule has 5 nitrogen and oxygen atoms in total. The largest absolute Gasteiger partial charge is 0.469 e. The van der Waals surface area contributed by atoms with E-state index in [-0.39, 0.29) is 17.8 Å². The van der Waals surface area contributed by atoms with Crippen LogP contribution in [0.3, 0.4) is 0 Å². The summed E-state index contributed by atoms with van der Waals surface area (Å²) in [6.07, 6.45) is 3.36. The molecule has 0 saturated carbocycles. The van der Waals surface area contributed by atoms with Crippen molar-refractivity contribution in [3.8, 4) is 0 Å². The molecule has 1 aromatic carbocycles. The minimum Gasteiger partial charge on any atom is -0.469 e. The molecule has 0 spiro atoms. The molecule has 1 fully saturated rings. The van der Waals surface area contributed by atoms with Gasteiger partial charge in [-0.25, -0.2) is 4.79 Å². The van der Waals surface area contributed by atoms with Gasteiger partial charge in [0, 0.05) is 24.6 Å². The van der Waals surface area contributed by atoms with E-state index in [1.54, 1.807) is 13.0 Å². The standard InChI is InChI=1S/C19H21NO4/c1-14-17(9-11-23-14)19(22)24-13-15-6-5-10-20(12-15)18(21)16-7-3-2-4-8-16/h2-4,7-9,11,15H,5-6,10,12-13H2,1H3. The van der Waals surface area contributed by atoms with Crippen LogP contribution in [0.5, 0.6) is 0 Å². The predicted octanol–water partition coefficient (Wildman–Crippen LogP) is 3.30. The van der Waals surface area contributed by atoms with E-state index >= 15 is 0 Å². The summed E-state index contributed by atoms with van der Waals surface area (Å²) < 4.78 is 10.5. The molecule has 2 aromatic rings. The fourth-order valence-electron chi connectivity index (χ4n) is 3.02. The Morgan fingerprint density at radius 2 is 2.04 bits per heavy atom. The van der Waals surface area contributed by atoms with Gasteiger partial charge in [-0.05, 0) is 38.0 Å². The molecule has 0 bridgehead atoms. The number of carbonyl (C=O) groups is 2. The highest BCUT2D eigenvalue weighted by atomic mass is 16.5. The summed E-state index contributed by atoms with van der Waals surface area (Å²) in [4.78, 5) is 26.4. The Balaban J connectivity index is 1.55. The second-order valence-corrected chi connectivity index (χ2v) is 6.11. The molecular formula is C19H21NO4. The molecule has 0 aliphatic carbocycles. The molecule has 1 unspecified atom stereocenters. The average molecular weight is 327 g/mol. The molecule has 24 heavy (non-hydrogen) atoms. The van der Waals surface area contributed by atoms with Gasteiger partial charge in [0.15, 0.2) is 0 Å². The highest BCUT2D eigenvalue weighted by molar-refractivity contribution is 5.94. The van der Waals surface area contributed by atoms with Crippen LogP contribution in [0.25, 0.3) is 0 Å². The lowest BCUT2D eigenvalue weighted by Crippen LogP contribution is -2.41. The Bertz CT molecular complexity index is 707. The van der Waals surface area contributed by atoms with Gasteiger partial charge in [-0.3, -0.25) is 4.79 Å². The Kier molecular flexibility index (Phi) is 4.99. The molecule has 126 valence electrons. The number of hydrogen-bond acceptors (Lipinski definition) is 4. The van der Waals surface area contributed by atoms with Gasteiger partial charge in [-0.15, -0.1) is 0 Å². The quantitative estimate of drug-likeness (QED) is 0.809. The van der Waals surface area contributed by atoms with Crippen LogP contribution in [0, 0.1) is 12.8 Å². The van der Waals surface area contributed by atoms with Crippen LogP contribution in [0.15, 0.2) is 47.1 Å². The monoisotopic (exact) mass is 327 g/mol. The molecule has 1 amide bonds. The van der Waals surface area contributed by atoms with Gasteiger partial charge in [0.2, 0.25) is 0 Å². The Hall–Kier alpha value is -2.56. The minimum absolute atomic E-state index is 0.0392. The van der Waals surface area contributed by atoms with E-state index in [0.29, 0.717) is 30.0 Å². The van der Waals surface area contributed by atoms with Gasteiger partial charge in [-0.2, -0.15) is 0 Å². The maximum absolute atomic E-state index is 12.5. The summed E-state index contributed by atoms with van der Waals surface area (Å²) >= 11 is 0. The number of ether oxygens (including phenoxy) is 1. The summed E-state index contributed by atoms with van der Waals surface area (Å²) in [5, 5.41) is 0. The van der Waals surface area contributed by atoms with E-state index in [1.165, 1.54) is 6.26 Å². The third kappa shape index (κ3) is 3.67. The lowest BCUT2D eigenvalue weighted by molar-refractivity contribution is 0.0341. The van der Waals surface area contributed by atoms with Crippen molar-refractivity contribution in [3.63, 3.8) is 0 Å². The number of rotatable bonds is 4. The first-order valence-electron chi connectivity index (χ1n) is 8.20. The van der Waals surface area contributed by atoms with Crippen molar-refractivity contribution in [2.45, 2.75) is 19.8 Å². The molecule has 1 saturated heterocycles. The SMILES string of the molecule is Cc1occc1C(=O)OCC1CCCN(C(=O)c2ccccc2)C1. The maximum atomic E-state index is 12.5. The van der Waals surface area contributed by atoms with E-state index in [0.717, 1.165) is 19.4 Å². The van der Waals surface area contributed by atoms with Crippen molar-refractivity contribution in [2.24, 2.45) is 5.92 Å². The highest BCUT2D eigenvalue weighted by Gasteiger charge is 2.25. The Morgan fingerprint density at radius 1 is 1.25 bits per heavy atom. The van der Waals surface area contributed by atoms with Gasteiger partial charge in [-0.1, -0.05) is 18.2 Å². The summed E-state index contributed by atoms with van der Waals surface area (Å²) in [7, 11) is 0. The number of hydrogen-bond donors (Lipinski definition) is 0. The van der Waals surface area contributed by atoms with E-state index in [9.17, 15) is 9.59 Å². The molecular weight excluding hydrogens is 306 g/mol. The zero-order valence-corrected chi connectivity index (χ0v) is 13.7. The molecule has 1 aromatic heterocycles. The lowest BCUT2D eigenvalue weighted by atomic mass is 9.98. The van der Waals surface area contributed by atoms with Crippen molar-refractivity contribution in [1.29, 1.82) is 0 Å². The molecule has 1 atom stereocenters. The first kappa shape index (κ1) is 16.3. The third-order valence-electron chi connectivity index (χ3n) is 4.36. The smallest absolute Gasteiger partial charge is 0.341 e. The van der Waals surface area contributed by atoms with Crippen LogP contribution in [0.2, 0.25) is 0 Å². The lowest BCUT2D eigenvalue weighted by Gasteiger charge is -2.32. The number of aryl methyl sites for hydroxylation is 1. The van der Waals surface area contributed by atoms with Crippen LogP contribution in [0.4, 0.5) is 0 Å². The first-order valence-corrected chi connectivity index (χ1v) is 8.20. The topological polar surface area (TPSA) is 59.8 Å². The third-order valence-corrected chi connectivity index (χ3v) is 4.36. The van der Waals surface area contributed by atoms with Crippen LogP contribution >= 0.6 is 0 Å². The second-order valence-electron chi connectivity index (χ2n) is 6.11. The normalized spacial score (nSPS) is 17.5. The number of benzene rings is 1. The van der Waals surface area contributed by atoms with Crippen molar-refractivity contribution < 1.29 is 18.7 Å². The van der Waals surface area contributed by atoms with Crippen LogP contribution < -0.4 is 0 Å². The van der Waals surface area contributed by atoms with E-state index < -0.39 is 0 Å². The van der Waals surface area contributed by atoms with Gasteiger partial charge in [0.05, 0.1) is 12.9 Å². The van der Waals surface area contributed by atoms with Crippen molar-refractivity contribution in [2.75, 3.05) is 19.7 Å². The van der Waals surface area contributed by atoms with E-state index in [4.69, 9.17) is 9.15 Å². The number of likely N-dealkylation sites (tertiary alicyclic amines) is 1. The molecule has 0 radical (unpaired) electrons. The summed E-state index contributed by atoms with van der Waals surface area (Å²) in [5.41, 5.74) is 1.16. The number of esters is 1. The van der Waals surface area contributed by atoms with Crippen molar-refractivity contribution >= 4 is 11.9 Å². The first-order chi connectivity index (χ1) is 11.6. The molecule has 3 rings (SSSR count). The molecule has 0 N–H and O–H groups in total. The number of nitrogens with zero attached hydrogens (tertiary/aromatic N) is 1. The average Bonchev–Trinajstić information content (AvgIpc) is 3.06. The molecule has 5 heteroatoms. The van der Waals surface area contributed by atoms with E-state index in [2.05, 4.69) is 0 Å². The van der Waals surface area contributed by atoms with Gasteiger partial charge in [0.1, 0.15) is 11.3 Å². The van der Waals surface area contributed by atoms with Crippen LogP contribution in [-0.2, 0) is 4.74 Å². The highest BCUT2D eigenvalue weighted by Crippen LogP contribution is 2.20. The van der Waals surface area contributed by atoms with Gasteiger partial charge >= 0.3 is 5.97 Å². The van der Waals surface area contributed by atoms with Crippen LogP contribution in [0.1, 0.15) is 39.3 Å². The zero-order chi connectivity index (χ0) is 16.9. The summed E-state index contributed by atoms with van der Waals surface area (Å²) in [6.45, 7) is 3.42. The number of furan rings is 1. The van der Waals surface area contributed by atoms with Crippen LogP contribution in [-0.4, -0.2) is 36.5 Å². The predicted molar refractivity (Wildman–Crippen MR) is 88.8 cm³/mol. The Morgan fingerprint density at radius 3 is 2.75 bits per heavy atom. The molecule has 1 aliphatic heterocycles. The van der Waals surface area contributed by atoms with Crippen molar-refractivity contribution in [3.05, 3.63) is 59.5 Å². The van der Waals surface area contributed by atoms with Gasteiger partial charge < -0.3 is 14.1 Å². The zero-order valence-electron chi connectivity index (χ0n) is 13.7. The fraction of sp³-hybridized carbons (Fsp3) is 0.368. The maximum Gasteiger partial charge on any atom is 0.341 e. The summed E-state index contributed by atoms with van der Waals surface area (Å²) in [5.74, 6) is 0.400. The number of piperidine rings is 1. The molecule has 2 heterocycles. The Labute approximate surface area is 141 Å². The van der Waals surface area contributed by atoms with Crippen molar-refractivity contribution in [1.82, 2.24) is 4.90 Å². The number of carbonyl (C=O) groups excluding carboxylic acids is 2.